The Balaban J connectivity index is 1.63. The zero-order valence-electron chi connectivity index (χ0n) is 11.3. The van der Waals surface area contributed by atoms with E-state index in [0.29, 0.717) is 18.3 Å². The second kappa shape index (κ2) is 6.76. The number of para-hydroxylation sites is 1. The van der Waals surface area contributed by atoms with Gasteiger partial charge in [-0.15, -0.1) is 0 Å². The molecule has 1 aromatic carbocycles. The minimum Gasteiger partial charge on any atom is -0.383 e. The van der Waals surface area contributed by atoms with Crippen LogP contribution in [0.4, 0.5) is 5.69 Å². The van der Waals surface area contributed by atoms with Crippen molar-refractivity contribution in [3.05, 3.63) is 30.3 Å². The van der Waals surface area contributed by atoms with Gasteiger partial charge in [-0.3, -0.25) is 0 Å². The van der Waals surface area contributed by atoms with E-state index in [1.54, 1.807) is 0 Å². The maximum atomic E-state index is 5.90. The third-order valence-electron chi connectivity index (χ3n) is 3.21. The van der Waals surface area contributed by atoms with Crippen LogP contribution in [0, 0.1) is 0 Å². The molecule has 3 nitrogen and oxygen atoms in total. The first-order valence-corrected chi connectivity index (χ1v) is 6.80. The molecule has 3 heteroatoms. The van der Waals surface area contributed by atoms with Crippen LogP contribution >= 0.6 is 0 Å². The van der Waals surface area contributed by atoms with Crippen LogP contribution in [0.25, 0.3) is 0 Å². The average molecular weight is 249 g/mol. The van der Waals surface area contributed by atoms with Crippen molar-refractivity contribution in [1.82, 2.24) is 0 Å². The van der Waals surface area contributed by atoms with Crippen molar-refractivity contribution >= 4 is 5.69 Å². The maximum absolute atomic E-state index is 5.90. The van der Waals surface area contributed by atoms with E-state index in [2.05, 4.69) is 31.3 Å². The molecule has 2 atom stereocenters. The van der Waals surface area contributed by atoms with E-state index in [1.807, 2.05) is 18.2 Å². The van der Waals surface area contributed by atoms with Crippen molar-refractivity contribution in [2.75, 3.05) is 18.5 Å². The van der Waals surface area contributed by atoms with Crippen LogP contribution in [-0.4, -0.2) is 31.5 Å². The van der Waals surface area contributed by atoms with E-state index in [1.165, 1.54) is 0 Å². The van der Waals surface area contributed by atoms with Crippen LogP contribution in [0.2, 0.25) is 0 Å². The normalized spacial score (nSPS) is 28.0. The third kappa shape index (κ3) is 4.31. The van der Waals surface area contributed by atoms with E-state index in [0.717, 1.165) is 31.7 Å². The van der Waals surface area contributed by atoms with E-state index in [9.17, 15) is 0 Å². The molecule has 0 radical (unpaired) electrons. The number of hydrogen-bond donors (Lipinski definition) is 1. The van der Waals surface area contributed by atoms with E-state index in [4.69, 9.17) is 9.47 Å². The Kier molecular flexibility index (Phi) is 5.02. The molecule has 1 aromatic rings. The molecular formula is C15H23NO2. The van der Waals surface area contributed by atoms with Crippen LogP contribution in [-0.2, 0) is 9.47 Å². The minimum absolute atomic E-state index is 0.320. The average Bonchev–Trinajstić information content (AvgIpc) is 2.35. The second-order valence-corrected chi connectivity index (χ2v) is 5.01. The molecule has 0 saturated carbocycles. The number of benzene rings is 1. The molecule has 2 unspecified atom stereocenters. The first-order valence-electron chi connectivity index (χ1n) is 6.80. The van der Waals surface area contributed by atoms with Gasteiger partial charge < -0.3 is 14.8 Å². The monoisotopic (exact) mass is 249 g/mol. The van der Waals surface area contributed by atoms with Gasteiger partial charge in [0.05, 0.1) is 24.9 Å². The summed E-state index contributed by atoms with van der Waals surface area (Å²) >= 11 is 0. The lowest BCUT2D eigenvalue weighted by Gasteiger charge is -2.32. The summed E-state index contributed by atoms with van der Waals surface area (Å²) in [4.78, 5) is 0. The van der Waals surface area contributed by atoms with Crippen molar-refractivity contribution in [2.45, 2.75) is 45.0 Å². The molecule has 1 N–H and O–H groups in total. The Morgan fingerprint density at radius 3 is 2.50 bits per heavy atom. The smallest absolute Gasteiger partial charge is 0.0642 e. The molecule has 0 amide bonds. The summed E-state index contributed by atoms with van der Waals surface area (Å²) in [5, 5.41) is 3.35. The molecule has 0 bridgehead atoms. The van der Waals surface area contributed by atoms with E-state index >= 15 is 0 Å². The highest BCUT2D eigenvalue weighted by atomic mass is 16.5. The van der Waals surface area contributed by atoms with Gasteiger partial charge in [0.15, 0.2) is 0 Å². The van der Waals surface area contributed by atoms with Crippen LogP contribution < -0.4 is 5.32 Å². The summed E-state index contributed by atoms with van der Waals surface area (Å²) < 4.78 is 11.6. The molecule has 0 aliphatic carbocycles. The second-order valence-electron chi connectivity index (χ2n) is 5.01. The summed E-state index contributed by atoms with van der Waals surface area (Å²) in [5.41, 5.74) is 1.15. The van der Waals surface area contributed by atoms with Crippen molar-refractivity contribution < 1.29 is 9.47 Å². The Bertz CT molecular complexity index is 332. The fourth-order valence-electron chi connectivity index (χ4n) is 2.46. The lowest BCUT2D eigenvalue weighted by molar-refractivity contribution is -0.0998. The highest BCUT2D eigenvalue weighted by molar-refractivity contribution is 5.42. The molecule has 0 spiro atoms. The molecule has 18 heavy (non-hydrogen) atoms. The van der Waals surface area contributed by atoms with Gasteiger partial charge in [-0.2, -0.15) is 0 Å². The first-order chi connectivity index (χ1) is 8.74. The van der Waals surface area contributed by atoms with Crippen molar-refractivity contribution in [3.63, 3.8) is 0 Å². The van der Waals surface area contributed by atoms with Crippen LogP contribution in [0.5, 0.6) is 0 Å². The van der Waals surface area contributed by atoms with Gasteiger partial charge in [-0.1, -0.05) is 18.2 Å². The summed E-state index contributed by atoms with van der Waals surface area (Å²) in [6.07, 6.45) is 3.01. The first kappa shape index (κ1) is 13.4. The summed E-state index contributed by atoms with van der Waals surface area (Å²) in [5.74, 6) is 0. The highest BCUT2D eigenvalue weighted by Gasteiger charge is 2.24. The fraction of sp³-hybridized carbons (Fsp3) is 0.600. The van der Waals surface area contributed by atoms with Crippen molar-refractivity contribution in [3.8, 4) is 0 Å². The van der Waals surface area contributed by atoms with Gasteiger partial charge in [0.1, 0.15) is 0 Å². The molecule has 1 fully saturated rings. The molecule has 2 rings (SSSR count). The molecule has 1 heterocycles. The maximum Gasteiger partial charge on any atom is 0.0642 e. The van der Waals surface area contributed by atoms with E-state index < -0.39 is 0 Å². The number of anilines is 1. The molecule has 1 aliphatic rings. The number of hydrogen-bond acceptors (Lipinski definition) is 3. The summed E-state index contributed by atoms with van der Waals surface area (Å²) in [6, 6.07) is 10.2. The van der Waals surface area contributed by atoms with Gasteiger partial charge in [-0.25, -0.2) is 0 Å². The Morgan fingerprint density at radius 1 is 1.17 bits per heavy atom. The molecule has 1 saturated heterocycles. The Morgan fingerprint density at radius 2 is 1.83 bits per heavy atom. The number of ether oxygens (including phenoxy) is 2. The Labute approximate surface area is 109 Å². The standard InChI is InChI=1S/C15H23NO2/c1-12-10-15(11-13(2)18-12)17-9-8-16-14-6-4-3-5-7-14/h3-7,12-13,15-16H,8-11H2,1-2H3. The SMILES string of the molecule is CC1CC(OCCNc2ccccc2)CC(C)O1. The van der Waals surface area contributed by atoms with Gasteiger partial charge in [0.2, 0.25) is 0 Å². The quantitative estimate of drug-likeness (QED) is 0.813. The number of rotatable bonds is 5. The predicted molar refractivity (Wildman–Crippen MR) is 73.9 cm³/mol. The van der Waals surface area contributed by atoms with Crippen LogP contribution in [0.3, 0.4) is 0 Å². The van der Waals surface area contributed by atoms with Gasteiger partial charge in [0.25, 0.3) is 0 Å². The van der Waals surface area contributed by atoms with Crippen molar-refractivity contribution in [1.29, 1.82) is 0 Å². The summed E-state index contributed by atoms with van der Waals surface area (Å²) in [7, 11) is 0. The fourth-order valence-corrected chi connectivity index (χ4v) is 2.46. The Hall–Kier alpha value is -1.06. The third-order valence-corrected chi connectivity index (χ3v) is 3.21. The topological polar surface area (TPSA) is 30.5 Å². The number of nitrogens with one attached hydrogen (secondary N) is 1. The van der Waals surface area contributed by atoms with Gasteiger partial charge >= 0.3 is 0 Å². The largest absolute Gasteiger partial charge is 0.383 e. The lowest BCUT2D eigenvalue weighted by Crippen LogP contribution is -2.34. The van der Waals surface area contributed by atoms with Gasteiger partial charge in [0, 0.05) is 12.2 Å². The zero-order chi connectivity index (χ0) is 12.8. The van der Waals surface area contributed by atoms with Crippen LogP contribution in [0.1, 0.15) is 26.7 Å². The lowest BCUT2D eigenvalue weighted by atomic mass is 10.0. The molecule has 100 valence electrons. The highest BCUT2D eigenvalue weighted by Crippen LogP contribution is 2.21. The van der Waals surface area contributed by atoms with Crippen LogP contribution in [0.15, 0.2) is 30.3 Å². The minimum atomic E-state index is 0.320. The zero-order valence-corrected chi connectivity index (χ0v) is 11.3. The van der Waals surface area contributed by atoms with Gasteiger partial charge in [-0.05, 0) is 38.8 Å². The molecular weight excluding hydrogens is 226 g/mol. The molecule has 1 aliphatic heterocycles. The summed E-state index contributed by atoms with van der Waals surface area (Å²) in [6.45, 7) is 5.84. The predicted octanol–water partition coefficient (Wildman–Crippen LogP) is 3.07. The van der Waals surface area contributed by atoms with E-state index in [-0.39, 0.29) is 0 Å². The van der Waals surface area contributed by atoms with Crippen molar-refractivity contribution in [2.24, 2.45) is 0 Å². The molecule has 0 aromatic heterocycles.